The lowest BCUT2D eigenvalue weighted by atomic mass is 10.5. The summed E-state index contributed by atoms with van der Waals surface area (Å²) < 4.78 is 31.4. The van der Waals surface area contributed by atoms with Crippen LogP contribution in [0, 0.1) is 0 Å². The molecule has 0 aliphatic rings. The zero-order valence-electron chi connectivity index (χ0n) is 9.14. The van der Waals surface area contributed by atoms with Crippen molar-refractivity contribution in [1.29, 1.82) is 0 Å². The molecule has 0 aliphatic carbocycles. The van der Waals surface area contributed by atoms with Crippen LogP contribution < -0.4 is 0 Å². The van der Waals surface area contributed by atoms with Gasteiger partial charge in [-0.25, -0.2) is 12.7 Å². The molecule has 1 rings (SSSR count). The minimum atomic E-state index is -3.36. The molecular formula is C9H14BrNO3S2. The first-order chi connectivity index (χ1) is 7.50. The van der Waals surface area contributed by atoms with E-state index in [1.54, 1.807) is 25.6 Å². The zero-order valence-corrected chi connectivity index (χ0v) is 12.4. The van der Waals surface area contributed by atoms with Gasteiger partial charge < -0.3 is 4.74 Å². The highest BCUT2D eigenvalue weighted by Crippen LogP contribution is 2.29. The first-order valence-corrected chi connectivity index (χ1v) is 7.79. The van der Waals surface area contributed by atoms with Crippen molar-refractivity contribution in [3.8, 4) is 0 Å². The predicted octanol–water partition coefficient (Wildman–Crippen LogP) is 2.17. The number of thiophene rings is 1. The predicted molar refractivity (Wildman–Crippen MR) is 68.3 cm³/mol. The summed E-state index contributed by atoms with van der Waals surface area (Å²) in [5.41, 5.74) is 0. The number of hydrogen-bond donors (Lipinski definition) is 0. The van der Waals surface area contributed by atoms with E-state index in [1.807, 2.05) is 0 Å². The Balaban J connectivity index is 2.75. The minimum Gasteiger partial charge on any atom is -0.385 e. The van der Waals surface area contributed by atoms with Crippen LogP contribution in [0.25, 0.3) is 0 Å². The van der Waals surface area contributed by atoms with Crippen molar-refractivity contribution in [3.63, 3.8) is 0 Å². The van der Waals surface area contributed by atoms with E-state index < -0.39 is 10.0 Å². The fraction of sp³-hybridized carbons (Fsp3) is 0.556. The molecule has 0 saturated carbocycles. The molecule has 7 heteroatoms. The van der Waals surface area contributed by atoms with E-state index in [1.165, 1.54) is 15.6 Å². The summed E-state index contributed by atoms with van der Waals surface area (Å²) in [6.07, 6.45) is 0.690. The molecule has 0 N–H and O–H groups in total. The van der Waals surface area contributed by atoms with Crippen LogP contribution in [0.15, 0.2) is 20.1 Å². The second-order valence-corrected chi connectivity index (χ2v) is 7.24. The number of ether oxygens (including phenoxy) is 1. The number of sulfonamides is 1. The number of nitrogens with zero attached hydrogens (tertiary/aromatic N) is 1. The van der Waals surface area contributed by atoms with E-state index >= 15 is 0 Å². The standard InChI is InChI=1S/C9H14BrNO3S2/c1-11(5-3-6-14-2)16(12,13)9-8(10)4-7-15-9/h4,7H,3,5-6H2,1-2H3. The lowest BCUT2D eigenvalue weighted by molar-refractivity contribution is 0.189. The third kappa shape index (κ3) is 3.27. The van der Waals surface area contributed by atoms with Gasteiger partial charge in [0.05, 0.1) is 0 Å². The van der Waals surface area contributed by atoms with Crippen molar-refractivity contribution >= 4 is 37.3 Å². The quantitative estimate of drug-likeness (QED) is 0.752. The van der Waals surface area contributed by atoms with Crippen LogP contribution in [0.3, 0.4) is 0 Å². The van der Waals surface area contributed by atoms with Gasteiger partial charge in [0.2, 0.25) is 0 Å². The van der Waals surface area contributed by atoms with Gasteiger partial charge in [-0.3, -0.25) is 0 Å². The molecule has 1 heterocycles. The summed E-state index contributed by atoms with van der Waals surface area (Å²) in [6.45, 7) is 1.02. The van der Waals surface area contributed by atoms with Crippen molar-refractivity contribution in [2.24, 2.45) is 0 Å². The van der Waals surface area contributed by atoms with Crippen LogP contribution >= 0.6 is 27.3 Å². The van der Waals surface area contributed by atoms with Gasteiger partial charge in [0.1, 0.15) is 4.21 Å². The van der Waals surface area contributed by atoms with Crippen LogP contribution in [0.4, 0.5) is 0 Å². The average Bonchev–Trinajstić information content (AvgIpc) is 2.65. The average molecular weight is 328 g/mol. The molecule has 0 amide bonds. The summed E-state index contributed by atoms with van der Waals surface area (Å²) in [6, 6.07) is 1.74. The third-order valence-electron chi connectivity index (χ3n) is 2.05. The van der Waals surface area contributed by atoms with Crippen LogP contribution in [0.2, 0.25) is 0 Å². The third-order valence-corrected chi connectivity index (χ3v) is 6.55. The first-order valence-electron chi connectivity index (χ1n) is 4.68. The van der Waals surface area contributed by atoms with Gasteiger partial charge in [-0.05, 0) is 33.8 Å². The van der Waals surface area contributed by atoms with Crippen LogP contribution in [0.5, 0.6) is 0 Å². The normalized spacial score (nSPS) is 12.2. The molecule has 4 nitrogen and oxygen atoms in total. The lowest BCUT2D eigenvalue weighted by Gasteiger charge is -2.15. The topological polar surface area (TPSA) is 46.6 Å². The fourth-order valence-corrected chi connectivity index (χ4v) is 4.87. The maximum atomic E-state index is 12.1. The van der Waals surface area contributed by atoms with E-state index in [2.05, 4.69) is 15.9 Å². The molecule has 16 heavy (non-hydrogen) atoms. The molecule has 1 aromatic rings. The molecule has 92 valence electrons. The molecule has 0 spiro atoms. The molecule has 0 aromatic carbocycles. The maximum absolute atomic E-state index is 12.1. The van der Waals surface area contributed by atoms with Crippen LogP contribution in [-0.4, -0.2) is 40.0 Å². The fourth-order valence-electron chi connectivity index (χ4n) is 1.16. The monoisotopic (exact) mass is 327 g/mol. The molecule has 0 unspecified atom stereocenters. The van der Waals surface area contributed by atoms with Crippen molar-refractivity contribution in [2.75, 3.05) is 27.3 Å². The number of rotatable bonds is 6. The van der Waals surface area contributed by atoms with Gasteiger partial charge in [-0.15, -0.1) is 11.3 Å². The summed E-state index contributed by atoms with van der Waals surface area (Å²) in [5, 5.41) is 1.75. The Morgan fingerprint density at radius 3 is 2.75 bits per heavy atom. The number of halogens is 1. The Bertz CT molecular complexity index is 430. The second-order valence-electron chi connectivity index (χ2n) is 3.23. The van der Waals surface area contributed by atoms with Gasteiger partial charge in [-0.1, -0.05) is 0 Å². The first kappa shape index (κ1) is 14.1. The Kier molecular flexibility index (Phi) is 5.39. The van der Waals surface area contributed by atoms with E-state index in [0.29, 0.717) is 28.3 Å². The maximum Gasteiger partial charge on any atom is 0.253 e. The van der Waals surface area contributed by atoms with Crippen molar-refractivity contribution in [2.45, 2.75) is 10.6 Å². The summed E-state index contributed by atoms with van der Waals surface area (Å²) >= 11 is 4.45. The van der Waals surface area contributed by atoms with E-state index in [4.69, 9.17) is 4.74 Å². The van der Waals surface area contributed by atoms with Gasteiger partial charge in [0.15, 0.2) is 0 Å². The van der Waals surface area contributed by atoms with E-state index in [-0.39, 0.29) is 0 Å². The molecule has 0 radical (unpaired) electrons. The van der Waals surface area contributed by atoms with Crippen LogP contribution in [0.1, 0.15) is 6.42 Å². The Morgan fingerprint density at radius 2 is 2.25 bits per heavy atom. The lowest BCUT2D eigenvalue weighted by Crippen LogP contribution is -2.28. The number of hydrogen-bond acceptors (Lipinski definition) is 4. The highest BCUT2D eigenvalue weighted by atomic mass is 79.9. The minimum absolute atomic E-state index is 0.354. The second kappa shape index (κ2) is 6.11. The smallest absolute Gasteiger partial charge is 0.253 e. The summed E-state index contributed by atoms with van der Waals surface area (Å²) in [4.78, 5) is 0. The molecule has 0 saturated heterocycles. The highest BCUT2D eigenvalue weighted by Gasteiger charge is 2.24. The van der Waals surface area contributed by atoms with Crippen molar-refractivity contribution in [3.05, 3.63) is 15.9 Å². The Hall–Kier alpha value is 0.0500. The van der Waals surface area contributed by atoms with Crippen molar-refractivity contribution < 1.29 is 13.2 Å². The van der Waals surface area contributed by atoms with Crippen LogP contribution in [-0.2, 0) is 14.8 Å². The summed E-state index contributed by atoms with van der Waals surface area (Å²) in [5.74, 6) is 0. The van der Waals surface area contributed by atoms with Crippen molar-refractivity contribution in [1.82, 2.24) is 4.31 Å². The molecular weight excluding hydrogens is 314 g/mol. The molecule has 0 fully saturated rings. The van der Waals surface area contributed by atoms with Gasteiger partial charge >= 0.3 is 0 Å². The van der Waals surface area contributed by atoms with E-state index in [0.717, 1.165) is 0 Å². The highest BCUT2D eigenvalue weighted by molar-refractivity contribution is 9.10. The van der Waals surface area contributed by atoms with Gasteiger partial charge in [0.25, 0.3) is 10.0 Å². The number of methoxy groups -OCH3 is 1. The molecule has 0 bridgehead atoms. The molecule has 0 atom stereocenters. The van der Waals surface area contributed by atoms with E-state index in [9.17, 15) is 8.42 Å². The van der Waals surface area contributed by atoms with Gasteiger partial charge in [-0.2, -0.15) is 0 Å². The summed E-state index contributed by atoms with van der Waals surface area (Å²) in [7, 11) is -0.175. The zero-order chi connectivity index (χ0) is 12.2. The molecule has 1 aromatic heterocycles. The molecule has 0 aliphatic heterocycles. The Labute approximate surface area is 108 Å². The Morgan fingerprint density at radius 1 is 1.56 bits per heavy atom. The SMILES string of the molecule is COCCCN(C)S(=O)(=O)c1sccc1Br. The largest absolute Gasteiger partial charge is 0.385 e. The van der Waals surface area contributed by atoms with Gasteiger partial charge in [0, 0.05) is 31.8 Å².